The number of benzene rings is 3. The summed E-state index contributed by atoms with van der Waals surface area (Å²) in [6.07, 6.45) is 5.00. The van der Waals surface area contributed by atoms with E-state index in [0.29, 0.717) is 5.02 Å². The molecule has 42 heavy (non-hydrogen) atoms. The topological polar surface area (TPSA) is 86.8 Å². The minimum atomic E-state index is -4.26. The van der Waals surface area contributed by atoms with E-state index in [9.17, 15) is 18.0 Å². The number of halogens is 3. The third kappa shape index (κ3) is 7.78. The molecule has 0 spiro atoms. The van der Waals surface area contributed by atoms with Crippen LogP contribution in [0.25, 0.3) is 0 Å². The summed E-state index contributed by atoms with van der Waals surface area (Å²) < 4.78 is 28.9. The molecule has 3 aromatic carbocycles. The van der Waals surface area contributed by atoms with Crippen LogP contribution in [0.15, 0.2) is 71.6 Å². The minimum absolute atomic E-state index is 0.00463. The summed E-state index contributed by atoms with van der Waals surface area (Å²) in [6.45, 7) is 2.96. The zero-order valence-electron chi connectivity index (χ0n) is 23.5. The number of hydrogen-bond acceptors (Lipinski definition) is 4. The van der Waals surface area contributed by atoms with Gasteiger partial charge in [-0.25, -0.2) is 8.42 Å². The van der Waals surface area contributed by atoms with E-state index in [-0.39, 0.29) is 39.1 Å². The van der Waals surface area contributed by atoms with E-state index in [0.717, 1.165) is 47.5 Å². The Kier molecular flexibility index (Phi) is 10.8. The van der Waals surface area contributed by atoms with E-state index in [2.05, 4.69) is 5.32 Å². The van der Waals surface area contributed by atoms with Crippen molar-refractivity contribution in [1.82, 2.24) is 10.2 Å². The van der Waals surface area contributed by atoms with Crippen LogP contribution in [0.4, 0.5) is 5.69 Å². The van der Waals surface area contributed by atoms with Gasteiger partial charge in [-0.15, -0.1) is 0 Å². The number of anilines is 1. The molecular formula is C31H34Cl3N3O4S. The number of hydrogen-bond donors (Lipinski definition) is 1. The van der Waals surface area contributed by atoms with E-state index in [1.807, 2.05) is 6.92 Å². The van der Waals surface area contributed by atoms with Gasteiger partial charge in [-0.1, -0.05) is 90.0 Å². The quantitative estimate of drug-likeness (QED) is 0.256. The molecule has 0 unspecified atom stereocenters. The summed E-state index contributed by atoms with van der Waals surface area (Å²) in [7, 11) is -4.26. The van der Waals surface area contributed by atoms with Gasteiger partial charge in [0.25, 0.3) is 10.0 Å². The minimum Gasteiger partial charge on any atom is -0.352 e. The summed E-state index contributed by atoms with van der Waals surface area (Å²) in [5.74, 6) is -0.874. The molecule has 7 nitrogen and oxygen atoms in total. The number of nitrogens with zero attached hydrogens (tertiary/aromatic N) is 2. The van der Waals surface area contributed by atoms with Gasteiger partial charge in [-0.05, 0) is 68.7 Å². The third-order valence-electron chi connectivity index (χ3n) is 7.47. The van der Waals surface area contributed by atoms with Gasteiger partial charge < -0.3 is 10.2 Å². The van der Waals surface area contributed by atoms with Crippen molar-refractivity contribution in [3.8, 4) is 0 Å². The third-order valence-corrected chi connectivity index (χ3v) is 10.3. The predicted octanol–water partition coefficient (Wildman–Crippen LogP) is 7.02. The zero-order valence-corrected chi connectivity index (χ0v) is 26.6. The highest BCUT2D eigenvalue weighted by Crippen LogP contribution is 2.35. The Morgan fingerprint density at radius 1 is 0.929 bits per heavy atom. The van der Waals surface area contributed by atoms with Crippen LogP contribution < -0.4 is 9.62 Å². The summed E-state index contributed by atoms with van der Waals surface area (Å²) in [5.41, 5.74) is 1.67. The van der Waals surface area contributed by atoms with E-state index < -0.39 is 28.5 Å². The highest BCUT2D eigenvalue weighted by atomic mass is 35.5. The maximum Gasteiger partial charge on any atom is 0.264 e. The fourth-order valence-electron chi connectivity index (χ4n) is 4.97. The number of rotatable bonds is 10. The Morgan fingerprint density at radius 3 is 2.21 bits per heavy atom. The van der Waals surface area contributed by atoms with E-state index in [1.54, 1.807) is 49.4 Å². The Hall–Kier alpha value is -2.78. The van der Waals surface area contributed by atoms with Crippen LogP contribution in [0.3, 0.4) is 0 Å². The molecule has 0 heterocycles. The molecule has 0 aliphatic heterocycles. The molecule has 2 amide bonds. The normalized spacial score (nSPS) is 14.7. The van der Waals surface area contributed by atoms with Gasteiger partial charge in [0.2, 0.25) is 11.8 Å². The van der Waals surface area contributed by atoms with Gasteiger partial charge in [-0.3, -0.25) is 13.9 Å². The molecule has 4 rings (SSSR count). The van der Waals surface area contributed by atoms with Crippen molar-refractivity contribution < 1.29 is 18.0 Å². The smallest absolute Gasteiger partial charge is 0.264 e. The molecule has 1 aliphatic carbocycles. The summed E-state index contributed by atoms with van der Waals surface area (Å²) in [5, 5.41) is 3.76. The lowest BCUT2D eigenvalue weighted by Gasteiger charge is -2.33. The second kappa shape index (κ2) is 14.1. The van der Waals surface area contributed by atoms with Crippen LogP contribution in [0.2, 0.25) is 15.1 Å². The number of nitrogens with one attached hydrogen (secondary N) is 1. The maximum atomic E-state index is 14.1. The average Bonchev–Trinajstić information content (AvgIpc) is 2.97. The Morgan fingerprint density at radius 2 is 1.57 bits per heavy atom. The molecule has 1 atom stereocenters. The first-order chi connectivity index (χ1) is 20.0. The number of aryl methyl sites for hydroxylation is 1. The molecule has 0 saturated heterocycles. The van der Waals surface area contributed by atoms with Crippen molar-refractivity contribution in [3.05, 3.63) is 92.9 Å². The standard InChI is InChI=1S/C31H34Cl3N3O4S/c1-21-11-17-26(18-12-21)42(40,41)37(28-10-6-9-27(33)30(28)34)20-29(38)36(19-23-13-15-24(32)16-14-23)22(2)31(39)35-25-7-4-3-5-8-25/h6,9-18,22,25H,3-5,7-8,19-20H2,1-2H3,(H,35,39)/t22-/m0/s1. The van der Waals surface area contributed by atoms with Crippen molar-refractivity contribution in [2.75, 3.05) is 10.8 Å². The number of carbonyl (C=O) groups excluding carboxylic acids is 2. The van der Waals surface area contributed by atoms with E-state index in [4.69, 9.17) is 34.8 Å². The molecule has 1 N–H and O–H groups in total. The summed E-state index contributed by atoms with van der Waals surface area (Å²) in [4.78, 5) is 28.9. The van der Waals surface area contributed by atoms with Crippen molar-refractivity contribution >= 4 is 62.3 Å². The van der Waals surface area contributed by atoms with Gasteiger partial charge in [0.15, 0.2) is 0 Å². The highest BCUT2D eigenvalue weighted by Gasteiger charge is 2.34. The Labute approximate surface area is 262 Å². The molecule has 0 radical (unpaired) electrons. The van der Waals surface area contributed by atoms with Crippen LogP contribution >= 0.6 is 34.8 Å². The summed E-state index contributed by atoms with van der Waals surface area (Å²) >= 11 is 18.8. The Bertz CT molecular complexity index is 1510. The van der Waals surface area contributed by atoms with E-state index >= 15 is 0 Å². The van der Waals surface area contributed by atoms with Gasteiger partial charge in [-0.2, -0.15) is 0 Å². The van der Waals surface area contributed by atoms with Crippen LogP contribution in [0.1, 0.15) is 50.2 Å². The van der Waals surface area contributed by atoms with Crippen molar-refractivity contribution in [2.24, 2.45) is 0 Å². The van der Waals surface area contributed by atoms with Gasteiger partial charge in [0, 0.05) is 17.6 Å². The number of sulfonamides is 1. The maximum absolute atomic E-state index is 14.1. The monoisotopic (exact) mass is 649 g/mol. The second-order valence-electron chi connectivity index (χ2n) is 10.6. The fourth-order valence-corrected chi connectivity index (χ4v) is 6.97. The van der Waals surface area contributed by atoms with Gasteiger partial charge in [0.05, 0.1) is 20.6 Å². The highest BCUT2D eigenvalue weighted by molar-refractivity contribution is 7.92. The lowest BCUT2D eigenvalue weighted by molar-refractivity contribution is -0.139. The average molecular weight is 651 g/mol. The molecule has 11 heteroatoms. The second-order valence-corrected chi connectivity index (χ2v) is 13.6. The molecule has 0 aromatic heterocycles. The number of amides is 2. The fraction of sp³-hybridized carbons (Fsp3) is 0.355. The molecule has 1 fully saturated rings. The molecule has 0 bridgehead atoms. The summed E-state index contributed by atoms with van der Waals surface area (Å²) in [6, 6.07) is 17.0. The van der Waals surface area contributed by atoms with Crippen LogP contribution in [0, 0.1) is 6.92 Å². The number of carbonyl (C=O) groups is 2. The Balaban J connectivity index is 1.70. The zero-order chi connectivity index (χ0) is 30.4. The van der Waals surface area contributed by atoms with Crippen molar-refractivity contribution in [3.63, 3.8) is 0 Å². The first-order valence-corrected chi connectivity index (χ1v) is 16.4. The van der Waals surface area contributed by atoms with E-state index in [1.165, 1.54) is 29.2 Å². The van der Waals surface area contributed by atoms with Gasteiger partial charge >= 0.3 is 0 Å². The van der Waals surface area contributed by atoms with Crippen molar-refractivity contribution in [2.45, 2.75) is 69.5 Å². The first-order valence-electron chi connectivity index (χ1n) is 13.8. The molecule has 224 valence electrons. The molecule has 1 saturated carbocycles. The molecular weight excluding hydrogens is 617 g/mol. The lowest BCUT2D eigenvalue weighted by atomic mass is 9.95. The van der Waals surface area contributed by atoms with Gasteiger partial charge in [0.1, 0.15) is 12.6 Å². The van der Waals surface area contributed by atoms with Crippen LogP contribution in [-0.4, -0.2) is 43.8 Å². The molecule has 3 aromatic rings. The van der Waals surface area contributed by atoms with Crippen molar-refractivity contribution in [1.29, 1.82) is 0 Å². The SMILES string of the molecule is Cc1ccc(S(=O)(=O)N(CC(=O)N(Cc2ccc(Cl)cc2)[C@@H](C)C(=O)NC2CCCCC2)c2cccc(Cl)c2Cl)cc1. The first kappa shape index (κ1) is 32.1. The predicted molar refractivity (Wildman–Crippen MR) is 169 cm³/mol. The lowest BCUT2D eigenvalue weighted by Crippen LogP contribution is -2.53. The molecule has 1 aliphatic rings. The van der Waals surface area contributed by atoms with Crippen LogP contribution in [0.5, 0.6) is 0 Å². The largest absolute Gasteiger partial charge is 0.352 e. The van der Waals surface area contributed by atoms with Crippen LogP contribution in [-0.2, 0) is 26.2 Å².